The maximum absolute atomic E-state index is 13.8. The molecule has 3 saturated carbocycles. The average Bonchev–Trinajstić information content (AvgIpc) is 2.55. The number of hydrogen-bond acceptors (Lipinski definition) is 5. The number of hydrogen-bond donors (Lipinski definition) is 1. The van der Waals surface area contributed by atoms with Crippen LogP contribution in [0.4, 0.5) is 23.4 Å². The first-order chi connectivity index (χ1) is 12.9. The van der Waals surface area contributed by atoms with Gasteiger partial charge in [-0.2, -0.15) is 0 Å². The normalized spacial score (nSPS) is 34.8. The second kappa shape index (κ2) is 6.16. The van der Waals surface area contributed by atoms with Crippen molar-refractivity contribution in [2.24, 2.45) is 0 Å². The molecule has 4 fully saturated rings. The molecule has 28 heavy (non-hydrogen) atoms. The van der Waals surface area contributed by atoms with E-state index in [1.54, 1.807) is 6.92 Å². The van der Waals surface area contributed by atoms with Gasteiger partial charge in [-0.05, 0) is 33.1 Å². The van der Waals surface area contributed by atoms with E-state index in [0.29, 0.717) is 25.0 Å². The minimum absolute atomic E-state index is 0.143. The zero-order chi connectivity index (χ0) is 20.5. The van der Waals surface area contributed by atoms with Gasteiger partial charge in [0.15, 0.2) is 0 Å². The highest BCUT2D eigenvalue weighted by atomic mass is 35.5. The molecule has 0 unspecified atom stereocenters. The number of nitrogens with zero attached hydrogens (tertiary/aromatic N) is 3. The van der Waals surface area contributed by atoms with Crippen molar-refractivity contribution in [1.29, 1.82) is 0 Å². The molecule has 154 valence electrons. The quantitative estimate of drug-likeness (QED) is 0.738. The molecule has 3 aliphatic carbocycles. The molecule has 5 rings (SSSR count). The minimum Gasteiger partial charge on any atom is -0.357 e. The molecule has 6 nitrogen and oxygen atoms in total. The summed E-state index contributed by atoms with van der Waals surface area (Å²) in [5.74, 6) is -0.139. The fourth-order valence-corrected chi connectivity index (χ4v) is 4.80. The minimum atomic E-state index is -4.73. The van der Waals surface area contributed by atoms with Crippen LogP contribution in [0.5, 0.6) is 0 Å². The summed E-state index contributed by atoms with van der Waals surface area (Å²) in [7, 11) is 0. The largest absolute Gasteiger partial charge is 0.522 e. The van der Waals surface area contributed by atoms with Crippen LogP contribution in [-0.4, -0.2) is 57.5 Å². The highest BCUT2D eigenvalue weighted by Crippen LogP contribution is 2.70. The smallest absolute Gasteiger partial charge is 0.357 e. The van der Waals surface area contributed by atoms with E-state index < -0.39 is 30.2 Å². The number of amides is 1. The highest BCUT2D eigenvalue weighted by Gasteiger charge is 2.71. The van der Waals surface area contributed by atoms with Crippen LogP contribution in [0.2, 0.25) is 5.02 Å². The van der Waals surface area contributed by atoms with Gasteiger partial charge < -0.3 is 10.2 Å². The van der Waals surface area contributed by atoms with Crippen molar-refractivity contribution in [1.82, 2.24) is 14.9 Å². The van der Waals surface area contributed by atoms with Crippen LogP contribution in [-0.2, 0) is 14.9 Å². The Morgan fingerprint density at radius 1 is 1.39 bits per heavy atom. The molecule has 1 saturated heterocycles. The van der Waals surface area contributed by atoms with E-state index in [1.807, 2.05) is 0 Å². The van der Waals surface area contributed by atoms with Gasteiger partial charge in [0.1, 0.15) is 35.0 Å². The monoisotopic (exact) mass is 422 g/mol. The standard InChI is InChI=1S/C17H19ClF4N4O2/c1-8(14(27)26-3-10(9(26)2)28-17(20,21)22)25-13-11(18)12(23-7-24-13)15-4-16(19,5-15)6-15/h7-10H,3-6H2,1-2H3,(H,23,24,25)/t8-,9+,10+,15?,16?/m1/s1. The highest BCUT2D eigenvalue weighted by molar-refractivity contribution is 6.33. The summed E-state index contributed by atoms with van der Waals surface area (Å²) in [6.45, 7) is 2.93. The van der Waals surface area contributed by atoms with Gasteiger partial charge in [-0.1, -0.05) is 11.6 Å². The van der Waals surface area contributed by atoms with E-state index in [9.17, 15) is 22.4 Å². The molecule has 1 N–H and O–H groups in total. The molecule has 1 aromatic rings. The average molecular weight is 423 g/mol. The summed E-state index contributed by atoms with van der Waals surface area (Å²) >= 11 is 6.40. The summed E-state index contributed by atoms with van der Waals surface area (Å²) in [4.78, 5) is 22.1. The van der Waals surface area contributed by atoms with Gasteiger partial charge in [0.2, 0.25) is 5.91 Å². The molecule has 4 aliphatic rings. The van der Waals surface area contributed by atoms with Crippen LogP contribution in [0, 0.1) is 0 Å². The fraction of sp³-hybridized carbons (Fsp3) is 0.706. The number of alkyl halides is 4. The number of nitrogens with one attached hydrogen (secondary N) is 1. The number of likely N-dealkylation sites (tertiary alicyclic amines) is 1. The van der Waals surface area contributed by atoms with Crippen molar-refractivity contribution >= 4 is 23.3 Å². The SMILES string of the molecule is C[C@@H](Nc1ncnc(C23CC(F)(C2)C3)c1Cl)C(=O)N1C[C@H](OC(F)(F)F)[C@@H]1C. The Hall–Kier alpha value is -1.68. The number of rotatable bonds is 5. The number of aromatic nitrogens is 2. The van der Waals surface area contributed by atoms with Gasteiger partial charge in [0, 0.05) is 12.0 Å². The second-order valence-electron chi connectivity index (χ2n) is 8.05. The Kier molecular flexibility index (Phi) is 4.32. The van der Waals surface area contributed by atoms with Gasteiger partial charge >= 0.3 is 6.36 Å². The summed E-state index contributed by atoms with van der Waals surface area (Å²) in [6, 6.07) is -1.47. The Balaban J connectivity index is 1.39. The van der Waals surface area contributed by atoms with Crippen LogP contribution in [0.25, 0.3) is 0 Å². The Morgan fingerprint density at radius 3 is 2.57 bits per heavy atom. The van der Waals surface area contributed by atoms with Gasteiger partial charge in [-0.15, -0.1) is 13.2 Å². The maximum atomic E-state index is 13.8. The molecule has 2 heterocycles. The topological polar surface area (TPSA) is 67.4 Å². The predicted octanol–water partition coefficient (Wildman–Crippen LogP) is 3.21. The van der Waals surface area contributed by atoms with Crippen LogP contribution in [0.15, 0.2) is 6.33 Å². The first-order valence-corrected chi connectivity index (χ1v) is 9.32. The Morgan fingerprint density at radius 2 is 2.04 bits per heavy atom. The van der Waals surface area contributed by atoms with Crippen molar-refractivity contribution in [2.45, 2.75) is 68.7 Å². The summed E-state index contributed by atoms with van der Waals surface area (Å²) < 4.78 is 54.8. The van der Waals surface area contributed by atoms with Gasteiger partial charge in [0.05, 0.1) is 11.7 Å². The number of halogens is 5. The third kappa shape index (κ3) is 3.10. The van der Waals surface area contributed by atoms with Gasteiger partial charge in [-0.3, -0.25) is 9.53 Å². The van der Waals surface area contributed by atoms with E-state index in [2.05, 4.69) is 20.0 Å². The van der Waals surface area contributed by atoms with Crippen molar-refractivity contribution in [3.8, 4) is 0 Å². The number of ether oxygens (including phenoxy) is 1. The zero-order valence-corrected chi connectivity index (χ0v) is 15.9. The summed E-state index contributed by atoms with van der Waals surface area (Å²) in [5.41, 5.74) is -0.887. The third-order valence-corrected chi connectivity index (χ3v) is 6.31. The number of carbonyl (C=O) groups is 1. The molecule has 0 aromatic carbocycles. The van der Waals surface area contributed by atoms with E-state index in [4.69, 9.17) is 11.6 Å². The lowest BCUT2D eigenvalue weighted by molar-refractivity contribution is -0.359. The fourth-order valence-electron chi connectivity index (χ4n) is 4.44. The van der Waals surface area contributed by atoms with Crippen LogP contribution >= 0.6 is 11.6 Å². The molecule has 2 bridgehead atoms. The molecule has 1 aromatic heterocycles. The Bertz CT molecular complexity index is 801. The molecule has 3 atom stereocenters. The van der Waals surface area contributed by atoms with E-state index in [0.717, 1.165) is 0 Å². The lowest BCUT2D eigenvalue weighted by Crippen LogP contribution is -2.67. The molecule has 0 spiro atoms. The number of carbonyl (C=O) groups excluding carboxylic acids is 1. The van der Waals surface area contributed by atoms with Gasteiger partial charge in [-0.25, -0.2) is 14.4 Å². The molecule has 0 radical (unpaired) electrons. The van der Waals surface area contributed by atoms with E-state index >= 15 is 0 Å². The first-order valence-electron chi connectivity index (χ1n) is 8.95. The molecule has 11 heteroatoms. The number of anilines is 1. The molecule has 1 amide bonds. The van der Waals surface area contributed by atoms with Crippen molar-refractivity contribution in [3.63, 3.8) is 0 Å². The van der Waals surface area contributed by atoms with E-state index in [-0.39, 0.29) is 28.7 Å². The Labute approximate surface area is 163 Å². The third-order valence-electron chi connectivity index (χ3n) is 5.96. The van der Waals surface area contributed by atoms with Crippen molar-refractivity contribution in [2.75, 3.05) is 11.9 Å². The predicted molar refractivity (Wildman–Crippen MR) is 91.6 cm³/mol. The van der Waals surface area contributed by atoms with Crippen LogP contribution in [0.1, 0.15) is 38.8 Å². The second-order valence-corrected chi connectivity index (χ2v) is 8.42. The van der Waals surface area contributed by atoms with Crippen LogP contribution < -0.4 is 5.32 Å². The maximum Gasteiger partial charge on any atom is 0.522 e. The van der Waals surface area contributed by atoms with E-state index in [1.165, 1.54) is 18.2 Å². The van der Waals surface area contributed by atoms with Crippen molar-refractivity contribution < 1.29 is 27.1 Å². The molecular formula is C17H19ClF4N4O2. The van der Waals surface area contributed by atoms with Crippen LogP contribution in [0.3, 0.4) is 0 Å². The zero-order valence-electron chi connectivity index (χ0n) is 15.2. The first kappa shape index (κ1) is 19.6. The lowest BCUT2D eigenvalue weighted by atomic mass is 9.41. The van der Waals surface area contributed by atoms with Crippen molar-refractivity contribution in [3.05, 3.63) is 17.0 Å². The van der Waals surface area contributed by atoms with Gasteiger partial charge in [0.25, 0.3) is 0 Å². The molecular weight excluding hydrogens is 404 g/mol. The molecule has 1 aliphatic heterocycles. The summed E-state index contributed by atoms with van der Waals surface area (Å²) in [6.07, 6.45) is -3.35. The lowest BCUT2D eigenvalue weighted by Gasteiger charge is -2.65. The summed E-state index contributed by atoms with van der Waals surface area (Å²) in [5, 5.41) is 3.15.